The van der Waals surface area contributed by atoms with Crippen LogP contribution in [0.15, 0.2) is 0 Å². The monoisotopic (exact) mass is 664 g/mol. The van der Waals surface area contributed by atoms with Gasteiger partial charge in [-0.05, 0) is 0 Å². The van der Waals surface area contributed by atoms with Crippen molar-refractivity contribution in [3.05, 3.63) is 0 Å². The Labute approximate surface area is 268 Å². The average Bonchev–Trinajstić information content (AvgIpc) is 3.83. The Hall–Kier alpha value is -5.84. The molecule has 48 heavy (non-hydrogen) atoms. The highest BCUT2D eigenvalue weighted by molar-refractivity contribution is 5.93. The molecule has 0 aromatic carbocycles. The molecule has 16 amide bonds. The Morgan fingerprint density at radius 2 is 0.292 bits per heavy atom. The molecule has 0 radical (unpaired) electrons. The first-order valence-electron chi connectivity index (χ1n) is 15.7. The minimum atomic E-state index is -0.952. The van der Waals surface area contributed by atoms with Crippen LogP contribution < -0.4 is 0 Å². The van der Waals surface area contributed by atoms with Gasteiger partial charge in [-0.25, -0.2) is 38.4 Å². The van der Waals surface area contributed by atoms with E-state index in [-0.39, 0.29) is 53.3 Å². The van der Waals surface area contributed by atoms with Crippen molar-refractivity contribution in [3.63, 3.8) is 0 Å². The molecule has 24 heteroatoms. The second-order valence-electron chi connectivity index (χ2n) is 14.2. The normalized spacial score (nSPS) is 40.3. The Morgan fingerprint density at radius 1 is 0.208 bits per heavy atom. The number of nitrogens with zero attached hydrogens (tertiary/aromatic N) is 16. The number of amides is 16. The summed E-state index contributed by atoms with van der Waals surface area (Å²) in [4.78, 5) is 138. The van der Waals surface area contributed by atoms with Crippen LogP contribution in [-0.2, 0) is 0 Å². The lowest BCUT2D eigenvalue weighted by molar-refractivity contribution is -0.0210. The van der Waals surface area contributed by atoms with Gasteiger partial charge in [-0.15, -0.1) is 0 Å². The van der Waals surface area contributed by atoms with Crippen LogP contribution in [0.3, 0.4) is 0 Å². The molecule has 12 rings (SSSR count). The van der Waals surface area contributed by atoms with E-state index >= 15 is 0 Å². The third-order valence-electron chi connectivity index (χ3n) is 12.5. The fourth-order valence-electron chi connectivity index (χ4n) is 10.7. The van der Waals surface area contributed by atoms with Gasteiger partial charge in [0.1, 0.15) is 53.3 Å². The summed E-state index contributed by atoms with van der Waals surface area (Å²) in [5, 5.41) is 0. The SMILES string of the molecule is O=C1N2CN3C(=O)N4CN5C(=O)N6CN7C(=O)N8CN1C1C2N2CN9C(=O)N(CN%10C(=O)N(CN%11C(=O)N(CN1C2=O)C8C7%11)C6C5%10)C4C39. The highest BCUT2D eigenvalue weighted by Gasteiger charge is 2.73. The van der Waals surface area contributed by atoms with Gasteiger partial charge in [0.15, 0.2) is 49.3 Å². The van der Waals surface area contributed by atoms with Crippen molar-refractivity contribution in [2.75, 3.05) is 53.3 Å². The molecule has 24 nitrogen and oxygen atoms in total. The summed E-state index contributed by atoms with van der Waals surface area (Å²) in [7, 11) is 0. The number of rotatable bonds is 0. The lowest BCUT2D eigenvalue weighted by Crippen LogP contribution is -2.63. The highest BCUT2D eigenvalue weighted by Crippen LogP contribution is 2.49. The molecule has 0 N–H and O–H groups in total. The molecule has 12 fully saturated rings. The maximum atomic E-state index is 14.4. The number of carbonyl (C=O) groups excluding carboxylic acids is 8. The molecule has 0 saturated carbocycles. The molecule has 248 valence electrons. The van der Waals surface area contributed by atoms with E-state index in [1.165, 1.54) is 78.4 Å². The van der Waals surface area contributed by atoms with Crippen molar-refractivity contribution in [2.24, 2.45) is 0 Å². The van der Waals surface area contributed by atoms with Gasteiger partial charge in [-0.1, -0.05) is 0 Å². The van der Waals surface area contributed by atoms with Crippen molar-refractivity contribution in [2.45, 2.75) is 49.3 Å². The maximum absolute atomic E-state index is 14.4. The zero-order valence-corrected chi connectivity index (χ0v) is 24.7. The van der Waals surface area contributed by atoms with Gasteiger partial charge in [-0.2, -0.15) is 0 Å². The van der Waals surface area contributed by atoms with Crippen molar-refractivity contribution in [1.82, 2.24) is 78.4 Å². The second kappa shape index (κ2) is 6.89. The van der Waals surface area contributed by atoms with E-state index < -0.39 is 97.6 Å². The minimum absolute atomic E-state index is 0.284. The summed E-state index contributed by atoms with van der Waals surface area (Å²) in [6, 6.07) is -4.04. The zero-order chi connectivity index (χ0) is 32.1. The first kappa shape index (κ1) is 24.3. The summed E-state index contributed by atoms with van der Waals surface area (Å²) >= 11 is 0. The standard InChI is InChI=1S/C24H24N16O8/c41-17-25-1-26-10-12-30(18(26)42)4-34-14-16-38(22(34)46)7-37-15-13-33(21(37)45)3-29(17)11-9(25)27-2-28(10)20(44)32(12)6-36(14)24(48)40(16)8-39(15)23(47)35(13)5-31(11)19(27)43/h9-16H,1-8H2. The predicted molar refractivity (Wildman–Crippen MR) is 142 cm³/mol. The highest BCUT2D eigenvalue weighted by atomic mass is 16.2. The van der Waals surface area contributed by atoms with Crippen LogP contribution in [0, 0.1) is 0 Å². The molecule has 0 bridgehead atoms. The molecule has 12 saturated heterocycles. The summed E-state index contributed by atoms with van der Waals surface area (Å²) in [5.41, 5.74) is 0. The largest absolute Gasteiger partial charge is 0.326 e. The zero-order valence-electron chi connectivity index (χ0n) is 24.7. The topological polar surface area (TPSA) is 188 Å². The third-order valence-corrected chi connectivity index (χ3v) is 12.5. The molecule has 0 spiro atoms. The lowest BCUT2D eigenvalue weighted by atomic mass is 10.2. The molecule has 12 aliphatic heterocycles. The quantitative estimate of drug-likeness (QED) is 0.252. The first-order valence-corrected chi connectivity index (χ1v) is 15.7. The number of hydrogen-bond donors (Lipinski definition) is 0. The maximum Gasteiger partial charge on any atom is 0.326 e. The number of hydrogen-bond acceptors (Lipinski definition) is 8. The number of carbonyl (C=O) groups is 8. The second-order valence-corrected chi connectivity index (χ2v) is 14.2. The molecule has 0 aliphatic carbocycles. The summed E-state index contributed by atoms with van der Waals surface area (Å²) < 4.78 is 0. The van der Waals surface area contributed by atoms with Crippen molar-refractivity contribution in [3.8, 4) is 0 Å². The van der Waals surface area contributed by atoms with E-state index in [9.17, 15) is 38.4 Å². The van der Waals surface area contributed by atoms with E-state index in [1.54, 1.807) is 0 Å². The van der Waals surface area contributed by atoms with E-state index in [0.29, 0.717) is 0 Å². The van der Waals surface area contributed by atoms with Gasteiger partial charge in [0, 0.05) is 0 Å². The molecular weight excluding hydrogens is 640 g/mol. The van der Waals surface area contributed by atoms with E-state index in [0.717, 1.165) is 0 Å². The summed E-state index contributed by atoms with van der Waals surface area (Å²) in [6.07, 6.45) is -7.61. The van der Waals surface area contributed by atoms with Crippen LogP contribution in [-0.4, -0.2) is 229 Å². The fraction of sp³-hybridized carbons (Fsp3) is 0.667. The molecule has 0 unspecified atom stereocenters. The van der Waals surface area contributed by atoms with E-state index in [1.807, 2.05) is 0 Å². The van der Waals surface area contributed by atoms with Crippen LogP contribution >= 0.6 is 0 Å². The Kier molecular flexibility index (Phi) is 3.49. The van der Waals surface area contributed by atoms with Crippen molar-refractivity contribution >= 4 is 48.2 Å². The average molecular weight is 665 g/mol. The predicted octanol–water partition coefficient (Wildman–Crippen LogP) is -3.78. The smallest absolute Gasteiger partial charge is 0.282 e. The van der Waals surface area contributed by atoms with Gasteiger partial charge in [0.2, 0.25) is 0 Å². The van der Waals surface area contributed by atoms with Crippen molar-refractivity contribution < 1.29 is 38.4 Å². The van der Waals surface area contributed by atoms with Crippen LogP contribution in [0.2, 0.25) is 0 Å². The van der Waals surface area contributed by atoms with E-state index in [2.05, 4.69) is 0 Å². The summed E-state index contributed by atoms with van der Waals surface area (Å²) in [6.45, 7) is -2.28. The molecule has 12 heterocycles. The van der Waals surface area contributed by atoms with Crippen LogP contribution in [0.1, 0.15) is 0 Å². The Balaban J connectivity index is 1.11. The molecule has 0 atom stereocenters. The summed E-state index contributed by atoms with van der Waals surface area (Å²) in [5.74, 6) is 0. The fourth-order valence-corrected chi connectivity index (χ4v) is 10.7. The van der Waals surface area contributed by atoms with E-state index in [4.69, 9.17) is 0 Å². The van der Waals surface area contributed by atoms with Crippen LogP contribution in [0.25, 0.3) is 0 Å². The Bertz CT molecular complexity index is 1350. The van der Waals surface area contributed by atoms with Gasteiger partial charge in [-0.3, -0.25) is 78.4 Å². The molecule has 0 aromatic heterocycles. The lowest BCUT2D eigenvalue weighted by Gasteiger charge is -2.42. The van der Waals surface area contributed by atoms with Gasteiger partial charge >= 0.3 is 48.2 Å². The minimum Gasteiger partial charge on any atom is -0.282 e. The first-order chi connectivity index (χ1) is 23.2. The molecule has 12 aliphatic rings. The molecular formula is C24H24N16O8. The van der Waals surface area contributed by atoms with Crippen LogP contribution in [0.5, 0.6) is 0 Å². The molecule has 0 aromatic rings. The number of urea groups is 8. The third kappa shape index (κ3) is 2.13. The Morgan fingerprint density at radius 3 is 0.375 bits per heavy atom. The van der Waals surface area contributed by atoms with Crippen LogP contribution in [0.4, 0.5) is 38.4 Å². The van der Waals surface area contributed by atoms with Crippen molar-refractivity contribution in [1.29, 1.82) is 0 Å². The van der Waals surface area contributed by atoms with Gasteiger partial charge < -0.3 is 0 Å². The van der Waals surface area contributed by atoms with Gasteiger partial charge in [0.25, 0.3) is 0 Å². The van der Waals surface area contributed by atoms with Gasteiger partial charge in [0.05, 0.1) is 0 Å².